The van der Waals surface area contributed by atoms with Crippen LogP contribution < -0.4 is 4.74 Å². The van der Waals surface area contributed by atoms with E-state index in [9.17, 15) is 0 Å². The molecular weight excluding hydrogens is 387 g/mol. The van der Waals surface area contributed by atoms with Gasteiger partial charge in [0, 0.05) is 11.8 Å². The highest BCUT2D eigenvalue weighted by atomic mass is 35.6. The zero-order chi connectivity index (χ0) is 14.9. The molecule has 0 radical (unpaired) electrons. The molecule has 1 heterocycles. The van der Waals surface area contributed by atoms with Crippen LogP contribution in [0.2, 0.25) is 15.1 Å². The van der Waals surface area contributed by atoms with Gasteiger partial charge >= 0.3 is 0 Å². The maximum atomic E-state index is 6.04. The van der Waals surface area contributed by atoms with Crippen LogP contribution in [-0.2, 0) is 3.79 Å². The average molecular weight is 392 g/mol. The third-order valence-electron chi connectivity index (χ3n) is 2.25. The number of hydrogen-bond acceptors (Lipinski definition) is 2. The van der Waals surface area contributed by atoms with Crippen LogP contribution in [0.3, 0.4) is 0 Å². The van der Waals surface area contributed by atoms with Crippen LogP contribution in [0.5, 0.6) is 11.6 Å². The zero-order valence-corrected chi connectivity index (χ0v) is 14.0. The highest BCUT2D eigenvalue weighted by molar-refractivity contribution is 6.66. The number of ether oxygens (including phenoxy) is 1. The monoisotopic (exact) mass is 389 g/mol. The Hall–Kier alpha value is -0.0900. The fourth-order valence-corrected chi connectivity index (χ4v) is 2.32. The first-order valence-electron chi connectivity index (χ1n) is 5.13. The topological polar surface area (TPSA) is 22.1 Å². The number of halogens is 6. The van der Waals surface area contributed by atoms with Gasteiger partial charge in [-0.2, -0.15) is 0 Å². The van der Waals surface area contributed by atoms with Gasteiger partial charge in [0.15, 0.2) is 5.75 Å². The van der Waals surface area contributed by atoms with Crippen molar-refractivity contribution >= 4 is 69.6 Å². The van der Waals surface area contributed by atoms with Crippen molar-refractivity contribution in [3.8, 4) is 11.6 Å². The number of aromatic nitrogens is 1. The van der Waals surface area contributed by atoms with Crippen LogP contribution in [0.1, 0.15) is 5.56 Å². The molecule has 0 saturated carbocycles. The molecule has 8 heteroatoms. The molecule has 1 aromatic heterocycles. The number of para-hydroxylation sites is 1. The van der Waals surface area contributed by atoms with E-state index in [0.29, 0.717) is 15.6 Å². The largest absolute Gasteiger partial charge is 0.434 e. The lowest BCUT2D eigenvalue weighted by molar-refractivity contribution is 0.463. The third-order valence-corrected chi connectivity index (χ3v) is 3.77. The van der Waals surface area contributed by atoms with Crippen molar-refractivity contribution in [3.05, 3.63) is 51.1 Å². The van der Waals surface area contributed by atoms with Gasteiger partial charge in [-0.15, -0.1) is 0 Å². The van der Waals surface area contributed by atoms with Crippen molar-refractivity contribution in [2.75, 3.05) is 0 Å². The molecule has 0 aliphatic carbocycles. The highest BCUT2D eigenvalue weighted by Crippen LogP contribution is 2.42. The standard InChI is InChI=1S/C12H5Cl6NO/c13-7-2-1-3-8(14)10(7)20-11-9(15)4-6(5-19-11)12(16,17)18/h1-5H. The van der Waals surface area contributed by atoms with Gasteiger partial charge in [-0.1, -0.05) is 75.7 Å². The van der Waals surface area contributed by atoms with E-state index in [1.54, 1.807) is 18.2 Å². The molecule has 2 nitrogen and oxygen atoms in total. The molecule has 0 N–H and O–H groups in total. The predicted octanol–water partition coefficient (Wildman–Crippen LogP) is 6.66. The average Bonchev–Trinajstić information content (AvgIpc) is 2.34. The van der Waals surface area contributed by atoms with Gasteiger partial charge in [-0.3, -0.25) is 0 Å². The minimum atomic E-state index is -1.61. The van der Waals surface area contributed by atoms with Crippen LogP contribution in [0.15, 0.2) is 30.5 Å². The summed E-state index contributed by atoms with van der Waals surface area (Å²) in [5.74, 6) is 0.367. The normalized spacial score (nSPS) is 11.5. The molecule has 0 unspecified atom stereocenters. The molecule has 2 aromatic rings. The van der Waals surface area contributed by atoms with Crippen molar-refractivity contribution in [1.29, 1.82) is 0 Å². The Morgan fingerprint density at radius 1 is 0.950 bits per heavy atom. The smallest absolute Gasteiger partial charge is 0.238 e. The lowest BCUT2D eigenvalue weighted by Crippen LogP contribution is -2.01. The summed E-state index contributed by atoms with van der Waals surface area (Å²) >= 11 is 35.3. The minimum absolute atomic E-state index is 0.111. The zero-order valence-electron chi connectivity index (χ0n) is 9.51. The first kappa shape index (κ1) is 16.3. The van der Waals surface area contributed by atoms with Gasteiger partial charge in [-0.25, -0.2) is 4.98 Å². The Bertz CT molecular complexity index is 620. The van der Waals surface area contributed by atoms with Crippen LogP contribution in [0, 0.1) is 0 Å². The van der Waals surface area contributed by atoms with E-state index in [1.807, 2.05) is 0 Å². The SMILES string of the molecule is Clc1cc(C(Cl)(Cl)Cl)cnc1Oc1c(Cl)cccc1Cl. The van der Waals surface area contributed by atoms with E-state index in [2.05, 4.69) is 4.98 Å². The van der Waals surface area contributed by atoms with Gasteiger partial charge in [-0.05, 0) is 18.2 Å². The molecular formula is C12H5Cl6NO. The maximum absolute atomic E-state index is 6.04. The van der Waals surface area contributed by atoms with E-state index < -0.39 is 3.79 Å². The van der Waals surface area contributed by atoms with Gasteiger partial charge in [0.05, 0.1) is 10.0 Å². The van der Waals surface area contributed by atoms with Gasteiger partial charge in [0.1, 0.15) is 5.02 Å². The van der Waals surface area contributed by atoms with E-state index >= 15 is 0 Å². The predicted molar refractivity (Wildman–Crippen MR) is 85.0 cm³/mol. The maximum Gasteiger partial charge on any atom is 0.238 e. The number of alkyl halides is 3. The summed E-state index contributed by atoms with van der Waals surface area (Å²) in [4.78, 5) is 4.00. The molecule has 0 aliphatic heterocycles. The number of nitrogens with zero attached hydrogens (tertiary/aromatic N) is 1. The molecule has 0 amide bonds. The van der Waals surface area contributed by atoms with Crippen LogP contribution >= 0.6 is 69.6 Å². The second-order valence-electron chi connectivity index (χ2n) is 3.66. The van der Waals surface area contributed by atoms with Crippen molar-refractivity contribution in [2.45, 2.75) is 3.79 Å². The van der Waals surface area contributed by atoms with Crippen molar-refractivity contribution in [3.63, 3.8) is 0 Å². The minimum Gasteiger partial charge on any atom is -0.434 e. The second-order valence-corrected chi connectivity index (χ2v) is 7.16. The molecule has 2 rings (SSSR count). The number of hydrogen-bond donors (Lipinski definition) is 0. The Balaban J connectivity index is 2.36. The Labute approximate surface area is 145 Å². The fraction of sp³-hybridized carbons (Fsp3) is 0.0833. The first-order chi connectivity index (χ1) is 9.29. The lowest BCUT2D eigenvalue weighted by atomic mass is 10.3. The third kappa shape index (κ3) is 3.76. The molecule has 20 heavy (non-hydrogen) atoms. The van der Waals surface area contributed by atoms with Gasteiger partial charge in [0.25, 0.3) is 0 Å². The van der Waals surface area contributed by atoms with Crippen molar-refractivity contribution in [2.24, 2.45) is 0 Å². The molecule has 0 atom stereocenters. The number of pyridine rings is 1. The van der Waals surface area contributed by atoms with Crippen LogP contribution in [0.25, 0.3) is 0 Å². The molecule has 0 spiro atoms. The summed E-state index contributed by atoms with van der Waals surface area (Å²) < 4.78 is 3.89. The van der Waals surface area contributed by atoms with E-state index in [1.165, 1.54) is 12.3 Å². The van der Waals surface area contributed by atoms with Crippen molar-refractivity contribution < 1.29 is 4.74 Å². The summed E-state index contributed by atoms with van der Waals surface area (Å²) in [5, 5.41) is 0.839. The molecule has 0 saturated heterocycles. The number of benzene rings is 1. The van der Waals surface area contributed by atoms with Crippen LogP contribution in [0.4, 0.5) is 0 Å². The summed E-state index contributed by atoms with van der Waals surface area (Å²) in [6.07, 6.45) is 1.35. The summed E-state index contributed by atoms with van der Waals surface area (Å²) in [7, 11) is 0. The fourth-order valence-electron chi connectivity index (χ4n) is 1.33. The summed E-state index contributed by atoms with van der Waals surface area (Å²) in [6, 6.07) is 6.40. The van der Waals surface area contributed by atoms with Crippen molar-refractivity contribution in [1.82, 2.24) is 4.98 Å². The Kier molecular flexibility index (Phi) is 5.17. The first-order valence-corrected chi connectivity index (χ1v) is 7.40. The quantitative estimate of drug-likeness (QED) is 0.534. The lowest BCUT2D eigenvalue weighted by Gasteiger charge is -2.13. The molecule has 1 aromatic carbocycles. The van der Waals surface area contributed by atoms with E-state index in [-0.39, 0.29) is 16.7 Å². The van der Waals surface area contributed by atoms with E-state index in [0.717, 1.165) is 0 Å². The molecule has 106 valence electrons. The molecule has 0 bridgehead atoms. The molecule has 0 aliphatic rings. The summed E-state index contributed by atoms with van der Waals surface area (Å²) in [6.45, 7) is 0. The highest BCUT2D eigenvalue weighted by Gasteiger charge is 2.24. The number of rotatable bonds is 2. The van der Waals surface area contributed by atoms with Gasteiger partial charge in [0.2, 0.25) is 9.67 Å². The Morgan fingerprint density at radius 2 is 1.55 bits per heavy atom. The second kappa shape index (κ2) is 6.35. The summed E-state index contributed by atoms with van der Waals surface area (Å²) in [5.41, 5.74) is 0.324. The molecule has 0 fully saturated rings. The van der Waals surface area contributed by atoms with E-state index in [4.69, 9.17) is 74.3 Å². The van der Waals surface area contributed by atoms with Crippen LogP contribution in [-0.4, -0.2) is 4.98 Å². The Morgan fingerprint density at radius 3 is 2.05 bits per heavy atom. The van der Waals surface area contributed by atoms with Gasteiger partial charge < -0.3 is 4.74 Å².